The Hall–Kier alpha value is -4.07. The Bertz CT molecular complexity index is 1390. The highest BCUT2D eigenvalue weighted by atomic mass is 19.3. The monoisotopic (exact) mass is 478 g/mol. The van der Waals surface area contributed by atoms with E-state index in [0.717, 1.165) is 23.0 Å². The molecular formula is C24H24F2N8O. The van der Waals surface area contributed by atoms with Crippen LogP contribution in [0.3, 0.4) is 0 Å². The summed E-state index contributed by atoms with van der Waals surface area (Å²) in [5.41, 5.74) is 3.33. The van der Waals surface area contributed by atoms with Gasteiger partial charge in [0.05, 0.1) is 29.5 Å². The van der Waals surface area contributed by atoms with Gasteiger partial charge >= 0.3 is 6.55 Å². The zero-order valence-electron chi connectivity index (χ0n) is 19.5. The van der Waals surface area contributed by atoms with Gasteiger partial charge in [0.2, 0.25) is 0 Å². The normalized spacial score (nSPS) is 18.8. The lowest BCUT2D eigenvalue weighted by Gasteiger charge is -2.17. The Kier molecular flexibility index (Phi) is 5.80. The van der Waals surface area contributed by atoms with Crippen molar-refractivity contribution in [2.45, 2.75) is 51.9 Å². The number of hydrogen-bond donors (Lipinski definition) is 0. The minimum atomic E-state index is -2.77. The fraction of sp³-hybridized carbons (Fsp3) is 0.375. The Morgan fingerprint density at radius 3 is 2.74 bits per heavy atom. The van der Waals surface area contributed by atoms with E-state index in [2.05, 4.69) is 26.5 Å². The summed E-state index contributed by atoms with van der Waals surface area (Å²) < 4.78 is 36.2. The average Bonchev–Trinajstić information content (AvgIpc) is 3.55. The van der Waals surface area contributed by atoms with Gasteiger partial charge in [0.25, 0.3) is 0 Å². The first-order chi connectivity index (χ1) is 16.9. The molecule has 180 valence electrons. The maximum absolute atomic E-state index is 13.7. The third-order valence-corrected chi connectivity index (χ3v) is 6.48. The third-order valence-electron chi connectivity index (χ3n) is 6.48. The molecule has 9 nitrogen and oxygen atoms in total. The predicted molar refractivity (Wildman–Crippen MR) is 123 cm³/mol. The highest BCUT2D eigenvalue weighted by Gasteiger charge is 2.32. The number of imidazole rings is 1. The molecule has 4 heterocycles. The molecule has 0 aliphatic carbocycles. The molecule has 0 radical (unpaired) electrons. The van der Waals surface area contributed by atoms with Crippen molar-refractivity contribution in [3.63, 3.8) is 0 Å². The number of alkyl halides is 2. The lowest BCUT2D eigenvalue weighted by atomic mass is 10.1. The van der Waals surface area contributed by atoms with Crippen molar-refractivity contribution in [3.05, 3.63) is 54.2 Å². The van der Waals surface area contributed by atoms with E-state index in [1.807, 2.05) is 37.6 Å². The van der Waals surface area contributed by atoms with Crippen LogP contribution in [0.2, 0.25) is 0 Å². The first-order valence-corrected chi connectivity index (χ1v) is 11.3. The number of nitriles is 1. The van der Waals surface area contributed by atoms with Crippen LogP contribution >= 0.6 is 0 Å². The highest BCUT2D eigenvalue weighted by Crippen LogP contribution is 2.37. The molecule has 4 aromatic rings. The SMILES string of the molecule is Cc1c(-c2cc(O[C@H](C)c3ccccn3)c3c(c2)ncn3C(F)F)nnn1[C@H]1C[C@@H](C)N(C#N)C1. The second-order valence-corrected chi connectivity index (χ2v) is 8.75. The fourth-order valence-electron chi connectivity index (χ4n) is 4.65. The summed E-state index contributed by atoms with van der Waals surface area (Å²) in [6.45, 7) is 3.53. The largest absolute Gasteiger partial charge is 0.482 e. The molecule has 1 aromatic carbocycles. The molecule has 0 unspecified atom stereocenters. The van der Waals surface area contributed by atoms with E-state index in [9.17, 15) is 14.0 Å². The van der Waals surface area contributed by atoms with Gasteiger partial charge in [-0.15, -0.1) is 5.10 Å². The maximum atomic E-state index is 13.7. The van der Waals surface area contributed by atoms with Crippen molar-refractivity contribution >= 4 is 11.0 Å². The van der Waals surface area contributed by atoms with Crippen molar-refractivity contribution in [1.82, 2.24) is 34.4 Å². The van der Waals surface area contributed by atoms with Crippen LogP contribution in [0.15, 0.2) is 42.9 Å². The molecule has 1 saturated heterocycles. The smallest absolute Gasteiger partial charge is 0.320 e. The van der Waals surface area contributed by atoms with E-state index in [-0.39, 0.29) is 23.3 Å². The minimum Gasteiger partial charge on any atom is -0.482 e. The molecule has 0 saturated carbocycles. The quantitative estimate of drug-likeness (QED) is 0.372. The van der Waals surface area contributed by atoms with Gasteiger partial charge < -0.3 is 9.64 Å². The lowest BCUT2D eigenvalue weighted by Crippen LogP contribution is -2.21. The van der Waals surface area contributed by atoms with Crippen molar-refractivity contribution in [1.29, 1.82) is 5.26 Å². The molecule has 1 aliphatic heterocycles. The third kappa shape index (κ3) is 4.05. The van der Waals surface area contributed by atoms with Crippen LogP contribution in [0.4, 0.5) is 8.78 Å². The van der Waals surface area contributed by atoms with Gasteiger partial charge in [-0.25, -0.2) is 9.67 Å². The number of fused-ring (bicyclic) bond motifs is 1. The van der Waals surface area contributed by atoms with Crippen molar-refractivity contribution in [2.75, 3.05) is 6.54 Å². The molecule has 3 atom stereocenters. The Morgan fingerprint density at radius 2 is 2.06 bits per heavy atom. The Balaban J connectivity index is 1.56. The van der Waals surface area contributed by atoms with Crippen LogP contribution in [-0.2, 0) is 0 Å². The lowest BCUT2D eigenvalue weighted by molar-refractivity contribution is 0.0737. The van der Waals surface area contributed by atoms with E-state index in [4.69, 9.17) is 4.74 Å². The number of nitrogens with zero attached hydrogens (tertiary/aromatic N) is 8. The summed E-state index contributed by atoms with van der Waals surface area (Å²) in [6.07, 6.45) is 5.29. The molecule has 5 rings (SSSR count). The van der Waals surface area contributed by atoms with Crippen LogP contribution < -0.4 is 4.74 Å². The van der Waals surface area contributed by atoms with Crippen LogP contribution in [0.5, 0.6) is 5.75 Å². The highest BCUT2D eigenvalue weighted by molar-refractivity contribution is 5.87. The van der Waals surface area contributed by atoms with E-state index in [1.54, 1.807) is 29.3 Å². The number of aromatic nitrogens is 6. The van der Waals surface area contributed by atoms with Gasteiger partial charge in [0, 0.05) is 17.8 Å². The first-order valence-electron chi connectivity index (χ1n) is 11.3. The van der Waals surface area contributed by atoms with Crippen molar-refractivity contribution in [2.24, 2.45) is 0 Å². The van der Waals surface area contributed by atoms with Crippen LogP contribution in [0.25, 0.3) is 22.3 Å². The molecule has 0 spiro atoms. The van der Waals surface area contributed by atoms with E-state index < -0.39 is 12.7 Å². The first kappa shape index (κ1) is 22.7. The number of hydrogen-bond acceptors (Lipinski definition) is 7. The second-order valence-electron chi connectivity index (χ2n) is 8.75. The molecule has 0 N–H and O–H groups in total. The summed E-state index contributed by atoms with van der Waals surface area (Å²) in [5.74, 6) is 0.257. The average molecular weight is 479 g/mol. The Labute approximate surface area is 200 Å². The van der Waals surface area contributed by atoms with Crippen molar-refractivity contribution in [3.8, 4) is 23.2 Å². The summed E-state index contributed by atoms with van der Waals surface area (Å²) in [7, 11) is 0. The van der Waals surface area contributed by atoms with E-state index in [1.165, 1.54) is 0 Å². The molecule has 3 aromatic heterocycles. The summed E-state index contributed by atoms with van der Waals surface area (Å²) in [6, 6.07) is 9.02. The summed E-state index contributed by atoms with van der Waals surface area (Å²) in [5, 5.41) is 18.1. The van der Waals surface area contributed by atoms with Crippen LogP contribution in [0, 0.1) is 18.4 Å². The van der Waals surface area contributed by atoms with Gasteiger partial charge in [-0.1, -0.05) is 11.3 Å². The number of benzene rings is 1. The standard InChI is InChI=1S/C24H24F2N8O/c1-14-8-18(11-32(14)12-27)34-15(2)22(30-31-34)17-9-20-23(33(13-29-20)24(25)26)21(10-17)35-16(3)19-6-4-5-7-28-19/h4-7,9-10,13-14,16,18,24H,8,11H2,1-3H3/t14-,16-,18+/m1/s1. The van der Waals surface area contributed by atoms with Gasteiger partial charge in [-0.2, -0.15) is 14.0 Å². The van der Waals surface area contributed by atoms with Gasteiger partial charge in [-0.05, 0) is 51.5 Å². The molecule has 11 heteroatoms. The Morgan fingerprint density at radius 1 is 1.23 bits per heavy atom. The molecule has 0 amide bonds. The zero-order valence-corrected chi connectivity index (χ0v) is 19.5. The summed E-state index contributed by atoms with van der Waals surface area (Å²) >= 11 is 0. The number of ether oxygens (including phenoxy) is 1. The minimum absolute atomic E-state index is 0.0209. The maximum Gasteiger partial charge on any atom is 0.320 e. The van der Waals surface area contributed by atoms with Crippen molar-refractivity contribution < 1.29 is 13.5 Å². The number of halogens is 2. The van der Waals surface area contributed by atoms with Gasteiger partial charge in [0.15, 0.2) is 6.19 Å². The topological polar surface area (TPSA) is 97.7 Å². The number of rotatable bonds is 6. The predicted octanol–water partition coefficient (Wildman–Crippen LogP) is 4.65. The van der Waals surface area contributed by atoms with Gasteiger partial charge in [0.1, 0.15) is 29.4 Å². The zero-order chi connectivity index (χ0) is 24.7. The fourth-order valence-corrected chi connectivity index (χ4v) is 4.65. The van der Waals surface area contributed by atoms with Crippen LogP contribution in [-0.4, -0.2) is 47.0 Å². The number of pyridine rings is 1. The summed E-state index contributed by atoms with van der Waals surface area (Å²) in [4.78, 5) is 10.3. The molecule has 0 bridgehead atoms. The second kappa shape index (κ2) is 8.94. The molecule has 1 fully saturated rings. The molecular weight excluding hydrogens is 454 g/mol. The van der Waals surface area contributed by atoms with Gasteiger partial charge in [-0.3, -0.25) is 9.55 Å². The van der Waals surface area contributed by atoms with E-state index >= 15 is 0 Å². The van der Waals surface area contributed by atoms with Crippen LogP contribution in [0.1, 0.15) is 50.4 Å². The molecule has 1 aliphatic rings. The number of likely N-dealkylation sites (tertiary alicyclic amines) is 1. The molecule has 35 heavy (non-hydrogen) atoms. The van der Waals surface area contributed by atoms with E-state index in [0.29, 0.717) is 29.0 Å².